The maximum atomic E-state index is 12.9. The molecule has 2 aromatic carbocycles. The first kappa shape index (κ1) is 22.9. The predicted octanol–water partition coefficient (Wildman–Crippen LogP) is 3.53. The summed E-state index contributed by atoms with van der Waals surface area (Å²) in [7, 11) is -3.74. The molecule has 0 saturated carbocycles. The van der Waals surface area contributed by atoms with Crippen molar-refractivity contribution >= 4 is 27.5 Å². The fourth-order valence-corrected chi connectivity index (χ4v) is 5.40. The van der Waals surface area contributed by atoms with E-state index in [0.29, 0.717) is 17.1 Å². The smallest absolute Gasteiger partial charge is 0.289 e. The first-order valence-corrected chi connectivity index (χ1v) is 12.0. The molecular weight excluding hydrogens is 466 g/mol. The summed E-state index contributed by atoms with van der Waals surface area (Å²) >= 11 is 6.06. The van der Waals surface area contributed by atoms with Crippen molar-refractivity contribution in [2.45, 2.75) is 11.5 Å². The second-order valence-corrected chi connectivity index (χ2v) is 9.60. The maximum Gasteiger partial charge on any atom is 0.289 e. The van der Waals surface area contributed by atoms with E-state index in [1.54, 1.807) is 53.4 Å². The standard InChI is InChI=1S/C23H20ClN3O5S/c24-19-6-2-4-8-22(19)33(29,30)27-13-11-26(12-14-27)23(28)21-10-9-18(32-21)16-31-20-7-3-1-5-17(20)15-25/h1-10H,11-14,16H2. The zero-order valence-corrected chi connectivity index (χ0v) is 19.1. The topological polar surface area (TPSA) is 104 Å². The van der Waals surface area contributed by atoms with Gasteiger partial charge in [-0.15, -0.1) is 0 Å². The lowest BCUT2D eigenvalue weighted by Crippen LogP contribution is -2.50. The van der Waals surface area contributed by atoms with Gasteiger partial charge in [0.25, 0.3) is 5.91 Å². The van der Waals surface area contributed by atoms with Gasteiger partial charge >= 0.3 is 0 Å². The molecule has 1 aliphatic rings. The van der Waals surface area contributed by atoms with Gasteiger partial charge in [-0.25, -0.2) is 8.42 Å². The van der Waals surface area contributed by atoms with Crippen LogP contribution in [-0.2, 0) is 16.6 Å². The molecule has 0 N–H and O–H groups in total. The van der Waals surface area contributed by atoms with Crippen LogP contribution in [0.5, 0.6) is 5.75 Å². The van der Waals surface area contributed by atoms with E-state index in [0.717, 1.165) is 0 Å². The summed E-state index contributed by atoms with van der Waals surface area (Å²) in [5.41, 5.74) is 0.407. The molecule has 4 rings (SSSR count). The van der Waals surface area contributed by atoms with Crippen LogP contribution in [0.1, 0.15) is 21.9 Å². The van der Waals surface area contributed by atoms with Crippen LogP contribution in [0.25, 0.3) is 0 Å². The molecule has 1 saturated heterocycles. The number of nitrogens with zero attached hydrogens (tertiary/aromatic N) is 3. The highest BCUT2D eigenvalue weighted by atomic mass is 35.5. The highest BCUT2D eigenvalue weighted by Gasteiger charge is 2.32. The van der Waals surface area contributed by atoms with Gasteiger partial charge in [0.05, 0.1) is 10.6 Å². The van der Waals surface area contributed by atoms with Crippen LogP contribution in [-0.4, -0.2) is 49.7 Å². The Hall–Kier alpha value is -3.32. The zero-order chi connectivity index (χ0) is 23.4. The number of halogens is 1. The van der Waals surface area contributed by atoms with Gasteiger partial charge in [-0.1, -0.05) is 35.9 Å². The Kier molecular flexibility index (Phi) is 6.70. The van der Waals surface area contributed by atoms with Crippen LogP contribution < -0.4 is 4.74 Å². The molecule has 33 heavy (non-hydrogen) atoms. The van der Waals surface area contributed by atoms with Gasteiger partial charge in [-0.05, 0) is 36.4 Å². The van der Waals surface area contributed by atoms with E-state index >= 15 is 0 Å². The third kappa shape index (κ3) is 4.88. The molecule has 3 aromatic rings. The Labute approximate surface area is 196 Å². The summed E-state index contributed by atoms with van der Waals surface area (Å²) in [6.07, 6.45) is 0. The fraction of sp³-hybridized carbons (Fsp3) is 0.217. The largest absolute Gasteiger partial charge is 0.484 e. The summed E-state index contributed by atoms with van der Waals surface area (Å²) in [5, 5.41) is 9.30. The van der Waals surface area contributed by atoms with E-state index < -0.39 is 10.0 Å². The number of hydrogen-bond donors (Lipinski definition) is 0. The van der Waals surface area contributed by atoms with Crippen LogP contribution >= 0.6 is 11.6 Å². The number of amides is 1. The van der Waals surface area contributed by atoms with E-state index in [2.05, 4.69) is 6.07 Å². The van der Waals surface area contributed by atoms with Crippen molar-refractivity contribution < 1.29 is 22.4 Å². The van der Waals surface area contributed by atoms with Gasteiger partial charge in [-0.2, -0.15) is 9.57 Å². The van der Waals surface area contributed by atoms with E-state index in [1.807, 2.05) is 0 Å². The predicted molar refractivity (Wildman–Crippen MR) is 120 cm³/mol. The number of carbonyl (C=O) groups is 1. The van der Waals surface area contributed by atoms with Crippen molar-refractivity contribution in [2.75, 3.05) is 26.2 Å². The van der Waals surface area contributed by atoms with Crippen LogP contribution in [0, 0.1) is 11.3 Å². The Bertz CT molecular complexity index is 1310. The van der Waals surface area contributed by atoms with E-state index in [-0.39, 0.29) is 54.4 Å². The quantitative estimate of drug-likeness (QED) is 0.529. The van der Waals surface area contributed by atoms with E-state index in [9.17, 15) is 13.2 Å². The highest BCUT2D eigenvalue weighted by molar-refractivity contribution is 7.89. The van der Waals surface area contributed by atoms with Crippen molar-refractivity contribution in [1.82, 2.24) is 9.21 Å². The van der Waals surface area contributed by atoms with E-state index in [4.69, 9.17) is 26.0 Å². The summed E-state index contributed by atoms with van der Waals surface area (Å²) in [6, 6.07) is 18.4. The Morgan fingerprint density at radius 1 is 1.03 bits per heavy atom. The molecule has 0 atom stereocenters. The summed E-state index contributed by atoms with van der Waals surface area (Å²) in [5.74, 6) is 0.684. The minimum atomic E-state index is -3.74. The normalized spacial score (nSPS) is 14.6. The average Bonchev–Trinajstić information content (AvgIpc) is 3.32. The Morgan fingerprint density at radius 3 is 2.45 bits per heavy atom. The van der Waals surface area contributed by atoms with Gasteiger partial charge in [0.15, 0.2) is 5.76 Å². The lowest BCUT2D eigenvalue weighted by Gasteiger charge is -2.33. The number of para-hydroxylation sites is 1. The second kappa shape index (κ2) is 9.67. The minimum Gasteiger partial charge on any atom is -0.484 e. The molecule has 1 fully saturated rings. The molecule has 1 amide bonds. The van der Waals surface area contributed by atoms with Crippen LogP contribution in [0.2, 0.25) is 5.02 Å². The van der Waals surface area contributed by atoms with Crippen molar-refractivity contribution in [1.29, 1.82) is 5.26 Å². The number of carbonyl (C=O) groups excluding carboxylic acids is 1. The highest BCUT2D eigenvalue weighted by Crippen LogP contribution is 2.25. The number of rotatable bonds is 6. The first-order chi connectivity index (χ1) is 15.9. The number of furan rings is 1. The average molecular weight is 486 g/mol. The summed E-state index contributed by atoms with van der Waals surface area (Å²) in [6.45, 7) is 0.826. The fourth-order valence-electron chi connectivity index (χ4n) is 3.48. The minimum absolute atomic E-state index is 0.0556. The van der Waals surface area contributed by atoms with Crippen molar-refractivity contribution in [2.24, 2.45) is 0 Å². The molecule has 10 heteroatoms. The number of nitriles is 1. The first-order valence-electron chi connectivity index (χ1n) is 10.1. The Morgan fingerprint density at radius 2 is 1.73 bits per heavy atom. The van der Waals surface area contributed by atoms with Gasteiger partial charge in [0.1, 0.15) is 29.1 Å². The third-order valence-electron chi connectivity index (χ3n) is 5.23. The molecule has 1 aliphatic heterocycles. The number of piperazine rings is 1. The van der Waals surface area contributed by atoms with Crippen molar-refractivity contribution in [3.8, 4) is 11.8 Å². The molecule has 170 valence electrons. The van der Waals surface area contributed by atoms with Gasteiger partial charge in [-0.3, -0.25) is 4.79 Å². The van der Waals surface area contributed by atoms with E-state index in [1.165, 1.54) is 16.4 Å². The zero-order valence-electron chi connectivity index (χ0n) is 17.5. The van der Waals surface area contributed by atoms with Crippen LogP contribution in [0.4, 0.5) is 0 Å². The maximum absolute atomic E-state index is 12.9. The molecule has 0 bridgehead atoms. The number of benzene rings is 2. The van der Waals surface area contributed by atoms with Crippen LogP contribution in [0.15, 0.2) is 70.0 Å². The molecular formula is C23H20ClN3O5S. The van der Waals surface area contributed by atoms with Gasteiger partial charge in [0.2, 0.25) is 10.0 Å². The lowest BCUT2D eigenvalue weighted by molar-refractivity contribution is 0.0662. The summed E-state index contributed by atoms with van der Waals surface area (Å²) < 4.78 is 38.3. The molecule has 0 aliphatic carbocycles. The molecule has 0 radical (unpaired) electrons. The molecule has 8 nitrogen and oxygen atoms in total. The molecule has 2 heterocycles. The van der Waals surface area contributed by atoms with Crippen molar-refractivity contribution in [3.05, 3.63) is 82.8 Å². The molecule has 0 unspecified atom stereocenters. The number of sulfonamides is 1. The lowest BCUT2D eigenvalue weighted by atomic mass is 10.2. The van der Waals surface area contributed by atoms with Crippen molar-refractivity contribution in [3.63, 3.8) is 0 Å². The third-order valence-corrected chi connectivity index (χ3v) is 7.63. The van der Waals surface area contributed by atoms with Gasteiger partial charge < -0.3 is 14.1 Å². The monoisotopic (exact) mass is 485 g/mol. The molecule has 0 spiro atoms. The van der Waals surface area contributed by atoms with Gasteiger partial charge in [0, 0.05) is 26.2 Å². The Balaban J connectivity index is 1.36. The van der Waals surface area contributed by atoms with Crippen LogP contribution in [0.3, 0.4) is 0 Å². The second-order valence-electron chi connectivity index (χ2n) is 7.29. The summed E-state index contributed by atoms with van der Waals surface area (Å²) in [4.78, 5) is 14.4. The SMILES string of the molecule is N#Cc1ccccc1OCc1ccc(C(=O)N2CCN(S(=O)(=O)c3ccccc3Cl)CC2)o1. The number of hydrogen-bond acceptors (Lipinski definition) is 6. The molecule has 1 aromatic heterocycles. The number of ether oxygens (including phenoxy) is 1.